The second-order valence-corrected chi connectivity index (χ2v) is 5.14. The molecule has 2 atom stereocenters. The minimum absolute atomic E-state index is 0.0208. The summed E-state index contributed by atoms with van der Waals surface area (Å²) in [5.41, 5.74) is 0.317. The van der Waals surface area contributed by atoms with Crippen molar-refractivity contribution in [2.75, 3.05) is 30.4 Å². The fraction of sp³-hybridized carbons (Fsp3) is 0.692. The van der Waals surface area contributed by atoms with Gasteiger partial charge >= 0.3 is 5.69 Å². The fourth-order valence-electron chi connectivity index (χ4n) is 2.63. The molecule has 1 aromatic rings. The van der Waals surface area contributed by atoms with Crippen LogP contribution in [-0.4, -0.2) is 47.2 Å². The Morgan fingerprint density at radius 2 is 2.24 bits per heavy atom. The molecule has 1 aromatic heterocycles. The molecular weight excluding hydrogens is 274 g/mol. The van der Waals surface area contributed by atoms with Gasteiger partial charge in [-0.2, -0.15) is 4.98 Å². The van der Waals surface area contributed by atoms with Crippen molar-refractivity contribution < 1.29 is 9.66 Å². The molecule has 8 nitrogen and oxygen atoms in total. The average Bonchev–Trinajstić information content (AvgIpc) is 2.83. The highest BCUT2D eigenvalue weighted by Crippen LogP contribution is 2.32. The number of likely N-dealkylation sites (N-methyl/N-ethyl adjacent to an activating group) is 1. The molecule has 0 spiro atoms. The number of anilines is 2. The lowest BCUT2D eigenvalue weighted by atomic mass is 10.1. The van der Waals surface area contributed by atoms with Gasteiger partial charge < -0.3 is 15.0 Å². The van der Waals surface area contributed by atoms with E-state index < -0.39 is 4.92 Å². The molecule has 1 N–H and O–H groups in total. The van der Waals surface area contributed by atoms with Gasteiger partial charge in [0.1, 0.15) is 5.69 Å². The standard InChI is InChI=1S/C13H21N5O3/c1-5-14-13-15-8(2)11(18(19)20)12(16-13)17(4)10-6-7-21-9(10)3/h9-10H,5-7H2,1-4H3,(H,14,15,16). The van der Waals surface area contributed by atoms with Crippen LogP contribution < -0.4 is 10.2 Å². The van der Waals surface area contributed by atoms with Gasteiger partial charge in [0.15, 0.2) is 0 Å². The average molecular weight is 295 g/mol. The number of nitrogens with one attached hydrogen (secondary N) is 1. The van der Waals surface area contributed by atoms with Crippen LogP contribution in [0.4, 0.5) is 17.5 Å². The molecule has 2 heterocycles. The number of aromatic nitrogens is 2. The lowest BCUT2D eigenvalue weighted by Gasteiger charge is -2.27. The molecule has 0 amide bonds. The Bertz CT molecular complexity index is 537. The zero-order valence-corrected chi connectivity index (χ0v) is 12.8. The van der Waals surface area contributed by atoms with Crippen LogP contribution in [0.2, 0.25) is 0 Å². The van der Waals surface area contributed by atoms with Gasteiger partial charge in [0.05, 0.1) is 17.1 Å². The maximum absolute atomic E-state index is 11.4. The van der Waals surface area contributed by atoms with Crippen LogP contribution in [0.1, 0.15) is 26.0 Å². The van der Waals surface area contributed by atoms with E-state index in [1.165, 1.54) is 0 Å². The van der Waals surface area contributed by atoms with E-state index in [9.17, 15) is 10.1 Å². The Kier molecular flexibility index (Phi) is 4.56. The molecule has 0 saturated carbocycles. The number of ether oxygens (including phenoxy) is 1. The topological polar surface area (TPSA) is 93.4 Å². The fourth-order valence-corrected chi connectivity index (χ4v) is 2.63. The third-order valence-electron chi connectivity index (χ3n) is 3.73. The van der Waals surface area contributed by atoms with Crippen LogP contribution in [0.15, 0.2) is 0 Å². The van der Waals surface area contributed by atoms with E-state index in [-0.39, 0.29) is 17.8 Å². The molecule has 2 unspecified atom stereocenters. The summed E-state index contributed by atoms with van der Waals surface area (Å²) in [6.07, 6.45) is 0.849. The van der Waals surface area contributed by atoms with Crippen molar-refractivity contribution in [1.82, 2.24) is 9.97 Å². The first-order valence-electron chi connectivity index (χ1n) is 7.07. The van der Waals surface area contributed by atoms with Crippen LogP contribution in [0.3, 0.4) is 0 Å². The van der Waals surface area contributed by atoms with E-state index in [1.54, 1.807) is 6.92 Å². The summed E-state index contributed by atoms with van der Waals surface area (Å²) in [4.78, 5) is 21.3. The quantitative estimate of drug-likeness (QED) is 0.653. The number of hydrogen-bond donors (Lipinski definition) is 1. The first-order chi connectivity index (χ1) is 9.95. The molecule has 2 rings (SSSR count). The maximum atomic E-state index is 11.4. The molecule has 0 bridgehead atoms. The second-order valence-electron chi connectivity index (χ2n) is 5.14. The van der Waals surface area contributed by atoms with E-state index in [0.717, 1.165) is 6.42 Å². The highest BCUT2D eigenvalue weighted by molar-refractivity contribution is 5.62. The Balaban J connectivity index is 2.45. The number of nitrogens with zero attached hydrogens (tertiary/aromatic N) is 4. The SMILES string of the molecule is CCNc1nc(C)c([N+](=O)[O-])c(N(C)C2CCOC2C)n1. The molecule has 1 aliphatic heterocycles. The zero-order valence-electron chi connectivity index (χ0n) is 12.8. The third kappa shape index (κ3) is 3.05. The largest absolute Gasteiger partial charge is 0.376 e. The van der Waals surface area contributed by atoms with Crippen LogP contribution >= 0.6 is 0 Å². The summed E-state index contributed by atoms with van der Waals surface area (Å²) in [7, 11) is 1.82. The summed E-state index contributed by atoms with van der Waals surface area (Å²) in [5, 5.41) is 14.4. The van der Waals surface area contributed by atoms with Gasteiger partial charge in [0, 0.05) is 20.2 Å². The lowest BCUT2D eigenvalue weighted by Crippen LogP contribution is -2.38. The van der Waals surface area contributed by atoms with Gasteiger partial charge in [-0.25, -0.2) is 4.98 Å². The zero-order chi connectivity index (χ0) is 15.6. The lowest BCUT2D eigenvalue weighted by molar-refractivity contribution is -0.385. The number of nitro groups is 1. The van der Waals surface area contributed by atoms with Crippen LogP contribution in [0.5, 0.6) is 0 Å². The predicted molar refractivity (Wildman–Crippen MR) is 79.8 cm³/mol. The van der Waals surface area contributed by atoms with Gasteiger partial charge in [-0.1, -0.05) is 0 Å². The van der Waals surface area contributed by atoms with Crippen molar-refractivity contribution >= 4 is 17.5 Å². The monoisotopic (exact) mass is 295 g/mol. The van der Waals surface area contributed by atoms with E-state index in [2.05, 4.69) is 15.3 Å². The molecule has 0 aliphatic carbocycles. The summed E-state index contributed by atoms with van der Waals surface area (Å²) in [6, 6.07) is 0.0764. The molecule has 1 aliphatic rings. The first kappa shape index (κ1) is 15.4. The minimum atomic E-state index is -0.419. The normalized spacial score (nSPS) is 21.3. The van der Waals surface area contributed by atoms with Gasteiger partial charge in [-0.3, -0.25) is 10.1 Å². The minimum Gasteiger partial charge on any atom is -0.376 e. The number of rotatable bonds is 5. The molecule has 21 heavy (non-hydrogen) atoms. The third-order valence-corrected chi connectivity index (χ3v) is 3.73. The van der Waals surface area contributed by atoms with Gasteiger partial charge in [-0.05, 0) is 27.2 Å². The molecule has 116 valence electrons. The summed E-state index contributed by atoms with van der Waals surface area (Å²) >= 11 is 0. The number of hydrogen-bond acceptors (Lipinski definition) is 7. The molecular formula is C13H21N5O3. The highest BCUT2D eigenvalue weighted by atomic mass is 16.6. The van der Waals surface area contributed by atoms with Gasteiger partial charge in [-0.15, -0.1) is 0 Å². The first-order valence-corrected chi connectivity index (χ1v) is 7.07. The molecule has 1 saturated heterocycles. The van der Waals surface area contributed by atoms with Crippen molar-refractivity contribution in [1.29, 1.82) is 0 Å². The van der Waals surface area contributed by atoms with Crippen molar-refractivity contribution in [3.8, 4) is 0 Å². The van der Waals surface area contributed by atoms with Crippen LogP contribution in [0, 0.1) is 17.0 Å². The Labute approximate surface area is 123 Å². The molecule has 1 fully saturated rings. The Hall–Kier alpha value is -1.96. The van der Waals surface area contributed by atoms with Gasteiger partial charge in [0.2, 0.25) is 11.8 Å². The summed E-state index contributed by atoms with van der Waals surface area (Å²) in [6.45, 7) is 6.85. The Morgan fingerprint density at radius 3 is 2.76 bits per heavy atom. The van der Waals surface area contributed by atoms with Crippen molar-refractivity contribution in [2.24, 2.45) is 0 Å². The Morgan fingerprint density at radius 1 is 1.52 bits per heavy atom. The van der Waals surface area contributed by atoms with E-state index >= 15 is 0 Å². The molecule has 0 radical (unpaired) electrons. The van der Waals surface area contributed by atoms with Crippen molar-refractivity contribution in [3.63, 3.8) is 0 Å². The smallest absolute Gasteiger partial charge is 0.332 e. The van der Waals surface area contributed by atoms with E-state index in [1.807, 2.05) is 25.8 Å². The number of aryl methyl sites for hydroxylation is 1. The highest BCUT2D eigenvalue weighted by Gasteiger charge is 2.33. The summed E-state index contributed by atoms with van der Waals surface area (Å²) < 4.78 is 5.55. The summed E-state index contributed by atoms with van der Waals surface area (Å²) in [5.74, 6) is 0.750. The second kappa shape index (κ2) is 6.21. The maximum Gasteiger partial charge on any atom is 0.332 e. The molecule has 0 aromatic carbocycles. The van der Waals surface area contributed by atoms with E-state index in [4.69, 9.17) is 4.74 Å². The van der Waals surface area contributed by atoms with Crippen molar-refractivity contribution in [3.05, 3.63) is 15.8 Å². The van der Waals surface area contributed by atoms with E-state index in [0.29, 0.717) is 30.6 Å². The molecule has 8 heteroatoms. The predicted octanol–water partition coefficient (Wildman–Crippen LogP) is 1.74. The van der Waals surface area contributed by atoms with Crippen LogP contribution in [-0.2, 0) is 4.74 Å². The van der Waals surface area contributed by atoms with Crippen LogP contribution in [0.25, 0.3) is 0 Å². The van der Waals surface area contributed by atoms with Crippen molar-refractivity contribution in [2.45, 2.75) is 39.3 Å². The van der Waals surface area contributed by atoms with Gasteiger partial charge in [0.25, 0.3) is 0 Å².